The molecule has 0 amide bonds. The Balaban J connectivity index is 1.58. The van der Waals surface area contributed by atoms with Gasteiger partial charge < -0.3 is 14.6 Å². The molecule has 0 saturated heterocycles. The second-order valence-electron chi connectivity index (χ2n) is 7.54. The summed E-state index contributed by atoms with van der Waals surface area (Å²) in [6.07, 6.45) is 0.892. The summed E-state index contributed by atoms with van der Waals surface area (Å²) in [5.41, 5.74) is 3.12. The number of methoxy groups -OCH3 is 1. The van der Waals surface area contributed by atoms with E-state index in [-0.39, 0.29) is 5.56 Å². The van der Waals surface area contributed by atoms with Gasteiger partial charge in [-0.15, -0.1) is 11.3 Å². The first-order chi connectivity index (χ1) is 14.7. The first kappa shape index (κ1) is 19.2. The molecule has 1 unspecified atom stereocenters. The Kier molecular flexibility index (Phi) is 5.02. The van der Waals surface area contributed by atoms with Crippen molar-refractivity contribution in [1.29, 1.82) is 0 Å². The smallest absolute Gasteiger partial charge is 0.268 e. The Morgan fingerprint density at radius 2 is 1.93 bits per heavy atom. The molecule has 2 aromatic carbocycles. The molecule has 2 aromatic heterocycles. The molecule has 30 heavy (non-hydrogen) atoms. The van der Waals surface area contributed by atoms with E-state index in [0.717, 1.165) is 36.3 Å². The molecule has 2 N–H and O–H groups in total. The SMILES string of the molecule is COc1ccccc1-n1c(=S)[nH]c2sc3c(c2c1=O)CC[NH+](Cc1ccccc1)C3. The van der Waals surface area contributed by atoms with E-state index in [1.54, 1.807) is 23.0 Å². The minimum absolute atomic E-state index is 0.0674. The summed E-state index contributed by atoms with van der Waals surface area (Å²) >= 11 is 7.23. The summed E-state index contributed by atoms with van der Waals surface area (Å²) < 4.78 is 7.42. The normalized spacial score (nSPS) is 15.8. The summed E-state index contributed by atoms with van der Waals surface area (Å²) in [5, 5.41) is 0.772. The minimum Gasteiger partial charge on any atom is -0.495 e. The lowest BCUT2D eigenvalue weighted by molar-refractivity contribution is -0.929. The predicted octanol–water partition coefficient (Wildman–Crippen LogP) is 3.26. The van der Waals surface area contributed by atoms with Gasteiger partial charge in [0.2, 0.25) is 0 Å². The number of quaternary nitrogens is 1. The second kappa shape index (κ2) is 7.83. The molecule has 152 valence electrons. The summed E-state index contributed by atoms with van der Waals surface area (Å²) in [4.78, 5) is 20.5. The largest absolute Gasteiger partial charge is 0.495 e. The summed E-state index contributed by atoms with van der Waals surface area (Å²) in [6.45, 7) is 2.94. The quantitative estimate of drug-likeness (QED) is 0.483. The van der Waals surface area contributed by atoms with Crippen molar-refractivity contribution < 1.29 is 9.64 Å². The van der Waals surface area contributed by atoms with Crippen LogP contribution in [0.5, 0.6) is 5.75 Å². The van der Waals surface area contributed by atoms with Gasteiger partial charge >= 0.3 is 0 Å². The molecule has 4 aromatic rings. The fraction of sp³-hybridized carbons (Fsp3) is 0.217. The van der Waals surface area contributed by atoms with E-state index in [9.17, 15) is 4.79 Å². The van der Waals surface area contributed by atoms with Crippen molar-refractivity contribution in [3.8, 4) is 11.4 Å². The number of ether oxygens (including phenoxy) is 1. The van der Waals surface area contributed by atoms with E-state index in [0.29, 0.717) is 16.2 Å². The van der Waals surface area contributed by atoms with Gasteiger partial charge in [0.25, 0.3) is 5.56 Å². The molecule has 5 rings (SSSR count). The van der Waals surface area contributed by atoms with Crippen molar-refractivity contribution >= 4 is 33.8 Å². The maximum Gasteiger partial charge on any atom is 0.268 e. The average Bonchev–Trinajstić information content (AvgIpc) is 3.12. The highest BCUT2D eigenvalue weighted by molar-refractivity contribution is 7.71. The number of aromatic nitrogens is 2. The zero-order valence-electron chi connectivity index (χ0n) is 16.6. The number of thiophene rings is 1. The van der Waals surface area contributed by atoms with E-state index in [1.165, 1.54) is 20.9 Å². The molecule has 0 fully saturated rings. The van der Waals surface area contributed by atoms with E-state index in [1.807, 2.05) is 30.3 Å². The van der Waals surface area contributed by atoms with E-state index >= 15 is 0 Å². The van der Waals surface area contributed by atoms with Crippen molar-refractivity contribution in [2.45, 2.75) is 19.5 Å². The van der Waals surface area contributed by atoms with Gasteiger partial charge in [-0.2, -0.15) is 0 Å². The molecule has 5 nitrogen and oxygen atoms in total. The molecule has 0 aliphatic carbocycles. The standard InChI is InChI=1S/C23H21N3O2S2/c1-28-18-10-6-5-9-17(18)26-22(27)20-16-11-12-25(13-15-7-3-2-4-8-15)14-19(16)30-21(20)24-23(26)29/h2-10H,11-14H2,1H3,(H,24,29)/p+1. The third kappa shape index (κ3) is 3.29. The van der Waals surface area contributed by atoms with Gasteiger partial charge in [0, 0.05) is 12.0 Å². The first-order valence-corrected chi connectivity index (χ1v) is 11.2. The highest BCUT2D eigenvalue weighted by Gasteiger charge is 2.27. The Morgan fingerprint density at radius 3 is 2.73 bits per heavy atom. The number of aromatic amines is 1. The molecule has 0 bridgehead atoms. The maximum absolute atomic E-state index is 13.5. The van der Waals surface area contributed by atoms with Crippen LogP contribution in [0.3, 0.4) is 0 Å². The minimum atomic E-state index is -0.0674. The van der Waals surface area contributed by atoms with Crippen molar-refractivity contribution in [2.24, 2.45) is 0 Å². The molecule has 0 saturated carbocycles. The maximum atomic E-state index is 13.5. The van der Waals surface area contributed by atoms with Crippen LogP contribution >= 0.6 is 23.6 Å². The number of nitrogens with one attached hydrogen (secondary N) is 2. The molecule has 7 heteroatoms. The Bertz CT molecular complexity index is 1340. The summed E-state index contributed by atoms with van der Waals surface area (Å²) in [6, 6.07) is 18.1. The number of nitrogens with zero attached hydrogens (tertiary/aromatic N) is 1. The fourth-order valence-electron chi connectivity index (χ4n) is 4.28. The van der Waals surface area contributed by atoms with Gasteiger partial charge in [-0.1, -0.05) is 42.5 Å². The fourth-order valence-corrected chi connectivity index (χ4v) is 5.93. The lowest BCUT2D eigenvalue weighted by atomic mass is 10.0. The zero-order chi connectivity index (χ0) is 20.7. The summed E-state index contributed by atoms with van der Waals surface area (Å²) in [7, 11) is 1.60. The average molecular weight is 437 g/mol. The third-order valence-electron chi connectivity index (χ3n) is 5.69. The molecule has 1 aliphatic rings. The van der Waals surface area contributed by atoms with Crippen LogP contribution < -0.4 is 15.2 Å². The van der Waals surface area contributed by atoms with E-state index in [4.69, 9.17) is 17.0 Å². The van der Waals surface area contributed by atoms with Gasteiger partial charge in [0.15, 0.2) is 4.77 Å². The highest BCUT2D eigenvalue weighted by Crippen LogP contribution is 2.30. The molecule has 3 heterocycles. The Hall–Kier alpha value is -2.74. The zero-order valence-corrected chi connectivity index (χ0v) is 18.2. The molecule has 1 atom stereocenters. The van der Waals surface area contributed by atoms with Gasteiger partial charge in [0.1, 0.15) is 23.7 Å². The number of hydrogen-bond donors (Lipinski definition) is 2. The number of hydrogen-bond acceptors (Lipinski definition) is 4. The third-order valence-corrected chi connectivity index (χ3v) is 7.13. The van der Waals surface area contributed by atoms with Crippen LogP contribution in [0.4, 0.5) is 0 Å². The Labute approximate surface area is 183 Å². The number of rotatable bonds is 4. The Morgan fingerprint density at radius 1 is 1.17 bits per heavy atom. The topological polar surface area (TPSA) is 51.5 Å². The van der Waals surface area contributed by atoms with Gasteiger partial charge in [-0.25, -0.2) is 4.57 Å². The van der Waals surface area contributed by atoms with Gasteiger partial charge in [0.05, 0.1) is 29.6 Å². The number of H-pyrrole nitrogens is 1. The van der Waals surface area contributed by atoms with E-state index in [2.05, 4.69) is 29.2 Å². The van der Waals surface area contributed by atoms with Crippen molar-refractivity contribution in [2.75, 3.05) is 13.7 Å². The van der Waals surface area contributed by atoms with Crippen LogP contribution in [0.25, 0.3) is 15.9 Å². The lowest BCUT2D eigenvalue weighted by Crippen LogP contribution is -3.10. The molecule has 0 radical (unpaired) electrons. The lowest BCUT2D eigenvalue weighted by Gasteiger charge is -2.24. The van der Waals surface area contributed by atoms with Crippen molar-refractivity contribution in [1.82, 2.24) is 9.55 Å². The number of benzene rings is 2. The van der Waals surface area contributed by atoms with Crippen LogP contribution in [0.1, 0.15) is 16.0 Å². The molecular weight excluding hydrogens is 414 g/mol. The van der Waals surface area contributed by atoms with Crippen molar-refractivity contribution in [3.63, 3.8) is 0 Å². The van der Waals surface area contributed by atoms with Gasteiger partial charge in [-0.05, 0) is 29.9 Å². The van der Waals surface area contributed by atoms with Crippen LogP contribution in [0, 0.1) is 4.77 Å². The first-order valence-electron chi connectivity index (χ1n) is 9.96. The van der Waals surface area contributed by atoms with Crippen LogP contribution in [0.2, 0.25) is 0 Å². The van der Waals surface area contributed by atoms with Crippen molar-refractivity contribution in [3.05, 3.63) is 85.7 Å². The van der Waals surface area contributed by atoms with Crippen LogP contribution in [-0.4, -0.2) is 23.2 Å². The van der Waals surface area contributed by atoms with E-state index < -0.39 is 0 Å². The molecule has 0 spiro atoms. The van der Waals surface area contributed by atoms with Crippen LogP contribution in [0.15, 0.2) is 59.4 Å². The predicted molar refractivity (Wildman–Crippen MR) is 123 cm³/mol. The van der Waals surface area contributed by atoms with Gasteiger partial charge in [-0.3, -0.25) is 4.79 Å². The summed E-state index contributed by atoms with van der Waals surface area (Å²) in [5.74, 6) is 0.626. The monoisotopic (exact) mass is 436 g/mol. The second-order valence-corrected chi connectivity index (χ2v) is 9.03. The number of para-hydroxylation sites is 2. The number of fused-ring (bicyclic) bond motifs is 3. The molecular formula is C23H22N3O2S2+. The van der Waals surface area contributed by atoms with Crippen LogP contribution in [-0.2, 0) is 19.5 Å². The highest BCUT2D eigenvalue weighted by atomic mass is 32.1. The molecule has 1 aliphatic heterocycles.